The van der Waals surface area contributed by atoms with E-state index in [1.54, 1.807) is 30.1 Å². The van der Waals surface area contributed by atoms with Gasteiger partial charge in [-0.3, -0.25) is 10.5 Å². The van der Waals surface area contributed by atoms with E-state index >= 15 is 0 Å². The van der Waals surface area contributed by atoms with Crippen molar-refractivity contribution >= 4 is 11.6 Å². The number of halogens is 1. The maximum absolute atomic E-state index is 5.95. The number of benzene rings is 1. The first-order chi connectivity index (χ1) is 8.65. The van der Waals surface area contributed by atoms with Crippen LogP contribution in [0.2, 0.25) is 5.02 Å². The van der Waals surface area contributed by atoms with Gasteiger partial charge in [0.2, 0.25) is 0 Å². The zero-order valence-electron chi connectivity index (χ0n) is 10.2. The third-order valence-electron chi connectivity index (χ3n) is 2.73. The fourth-order valence-electron chi connectivity index (χ4n) is 1.88. The lowest BCUT2D eigenvalue weighted by molar-refractivity contribution is 0.404. The highest BCUT2D eigenvalue weighted by Gasteiger charge is 2.18. The molecule has 1 atom stereocenters. The smallest absolute Gasteiger partial charge is 0.125 e. The Morgan fingerprint density at radius 2 is 2.28 bits per heavy atom. The standard InChI is InChI=1S/C12H15ClN4O/c1-17-7-8(6-15-17)12(16-14)10-4-3-9(13)5-11(10)18-2/h3-7,12,16H,14H2,1-2H3. The topological polar surface area (TPSA) is 65.1 Å². The summed E-state index contributed by atoms with van der Waals surface area (Å²) in [6, 6.07) is 5.27. The van der Waals surface area contributed by atoms with Gasteiger partial charge in [-0.05, 0) is 12.1 Å². The van der Waals surface area contributed by atoms with Crippen LogP contribution in [0.4, 0.5) is 0 Å². The molecule has 0 saturated carbocycles. The van der Waals surface area contributed by atoms with Gasteiger partial charge in [-0.2, -0.15) is 5.10 Å². The first kappa shape index (κ1) is 12.9. The van der Waals surface area contributed by atoms with Gasteiger partial charge in [0, 0.05) is 29.4 Å². The van der Waals surface area contributed by atoms with Crippen LogP contribution in [0.15, 0.2) is 30.6 Å². The molecular weight excluding hydrogens is 252 g/mol. The lowest BCUT2D eigenvalue weighted by Crippen LogP contribution is -2.28. The van der Waals surface area contributed by atoms with Crippen molar-refractivity contribution in [3.05, 3.63) is 46.7 Å². The average Bonchev–Trinajstić information content (AvgIpc) is 2.78. The number of hydrazine groups is 1. The second-order valence-electron chi connectivity index (χ2n) is 3.93. The number of rotatable bonds is 4. The van der Waals surface area contributed by atoms with Gasteiger partial charge in [-0.1, -0.05) is 17.7 Å². The molecule has 0 amide bonds. The molecule has 0 bridgehead atoms. The van der Waals surface area contributed by atoms with Gasteiger partial charge in [0.15, 0.2) is 0 Å². The van der Waals surface area contributed by atoms with E-state index in [2.05, 4.69) is 10.5 Å². The normalized spacial score (nSPS) is 12.4. The number of aromatic nitrogens is 2. The Bertz CT molecular complexity index is 541. The summed E-state index contributed by atoms with van der Waals surface area (Å²) in [5.74, 6) is 6.32. The zero-order valence-corrected chi connectivity index (χ0v) is 11.0. The summed E-state index contributed by atoms with van der Waals surface area (Å²) in [7, 11) is 3.46. The molecule has 0 saturated heterocycles. The Balaban J connectivity index is 2.44. The molecule has 0 fully saturated rings. The van der Waals surface area contributed by atoms with E-state index in [1.165, 1.54) is 0 Å². The lowest BCUT2D eigenvalue weighted by atomic mass is 10.0. The molecule has 2 rings (SSSR count). The summed E-state index contributed by atoms with van der Waals surface area (Å²) in [6.45, 7) is 0. The fourth-order valence-corrected chi connectivity index (χ4v) is 2.04. The van der Waals surface area contributed by atoms with Crippen molar-refractivity contribution in [2.75, 3.05) is 7.11 Å². The van der Waals surface area contributed by atoms with Gasteiger partial charge < -0.3 is 4.74 Å². The molecule has 5 nitrogen and oxygen atoms in total. The number of nitrogens with zero attached hydrogens (tertiary/aromatic N) is 2. The molecule has 0 spiro atoms. The van der Waals surface area contributed by atoms with Gasteiger partial charge in [0.25, 0.3) is 0 Å². The van der Waals surface area contributed by atoms with E-state index in [-0.39, 0.29) is 6.04 Å². The average molecular weight is 267 g/mol. The molecule has 96 valence electrons. The van der Waals surface area contributed by atoms with Crippen LogP contribution in [-0.4, -0.2) is 16.9 Å². The maximum atomic E-state index is 5.95. The summed E-state index contributed by atoms with van der Waals surface area (Å²) in [5.41, 5.74) is 4.64. The van der Waals surface area contributed by atoms with Crippen molar-refractivity contribution in [2.45, 2.75) is 6.04 Å². The molecule has 1 unspecified atom stereocenters. The van der Waals surface area contributed by atoms with Crippen LogP contribution in [0, 0.1) is 0 Å². The van der Waals surface area contributed by atoms with Crippen LogP contribution in [0.3, 0.4) is 0 Å². The molecule has 0 aliphatic carbocycles. The van der Waals surface area contributed by atoms with E-state index in [4.69, 9.17) is 22.2 Å². The van der Waals surface area contributed by atoms with E-state index < -0.39 is 0 Å². The quantitative estimate of drug-likeness (QED) is 0.652. The molecule has 1 aromatic heterocycles. The second kappa shape index (κ2) is 5.39. The Labute approximate surface area is 110 Å². The number of hydrogen-bond donors (Lipinski definition) is 2. The molecule has 2 aromatic rings. The summed E-state index contributed by atoms with van der Waals surface area (Å²) in [6.07, 6.45) is 3.66. The third-order valence-corrected chi connectivity index (χ3v) is 2.97. The van der Waals surface area contributed by atoms with E-state index in [0.717, 1.165) is 11.1 Å². The van der Waals surface area contributed by atoms with Crippen LogP contribution >= 0.6 is 11.6 Å². The number of ether oxygens (including phenoxy) is 1. The van der Waals surface area contributed by atoms with Crippen molar-refractivity contribution in [1.82, 2.24) is 15.2 Å². The van der Waals surface area contributed by atoms with Crippen LogP contribution in [-0.2, 0) is 7.05 Å². The molecule has 0 aliphatic rings. The summed E-state index contributed by atoms with van der Waals surface area (Å²) >= 11 is 5.95. The highest BCUT2D eigenvalue weighted by atomic mass is 35.5. The lowest BCUT2D eigenvalue weighted by Gasteiger charge is -2.18. The number of methoxy groups -OCH3 is 1. The van der Waals surface area contributed by atoms with Crippen LogP contribution in [0.1, 0.15) is 17.2 Å². The monoisotopic (exact) mass is 266 g/mol. The first-order valence-electron chi connectivity index (χ1n) is 5.44. The SMILES string of the molecule is COc1cc(Cl)ccc1C(NN)c1cnn(C)c1. The molecule has 0 aliphatic heterocycles. The number of nitrogens with one attached hydrogen (secondary N) is 1. The van der Waals surface area contributed by atoms with E-state index in [9.17, 15) is 0 Å². The van der Waals surface area contributed by atoms with Gasteiger partial charge >= 0.3 is 0 Å². The molecule has 0 radical (unpaired) electrons. The molecule has 1 heterocycles. The van der Waals surface area contributed by atoms with Crippen LogP contribution in [0.5, 0.6) is 5.75 Å². The number of aryl methyl sites for hydroxylation is 1. The Morgan fingerprint density at radius 3 is 2.83 bits per heavy atom. The van der Waals surface area contributed by atoms with Crippen molar-refractivity contribution in [3.63, 3.8) is 0 Å². The van der Waals surface area contributed by atoms with E-state index in [0.29, 0.717) is 10.8 Å². The highest BCUT2D eigenvalue weighted by molar-refractivity contribution is 6.30. The Kier molecular flexibility index (Phi) is 3.86. The van der Waals surface area contributed by atoms with Gasteiger partial charge in [0.05, 0.1) is 19.3 Å². The molecule has 18 heavy (non-hydrogen) atoms. The van der Waals surface area contributed by atoms with Gasteiger partial charge in [-0.15, -0.1) is 0 Å². The predicted octanol–water partition coefficient (Wildman–Crippen LogP) is 1.63. The maximum Gasteiger partial charge on any atom is 0.125 e. The predicted molar refractivity (Wildman–Crippen MR) is 70.4 cm³/mol. The summed E-state index contributed by atoms with van der Waals surface area (Å²) < 4.78 is 7.05. The van der Waals surface area contributed by atoms with Crippen molar-refractivity contribution < 1.29 is 4.74 Å². The van der Waals surface area contributed by atoms with Crippen molar-refractivity contribution in [1.29, 1.82) is 0 Å². The zero-order chi connectivity index (χ0) is 13.1. The largest absolute Gasteiger partial charge is 0.496 e. The minimum atomic E-state index is -0.189. The van der Waals surface area contributed by atoms with Crippen molar-refractivity contribution in [3.8, 4) is 5.75 Å². The van der Waals surface area contributed by atoms with Crippen LogP contribution in [0.25, 0.3) is 0 Å². The molecule has 6 heteroatoms. The number of nitrogens with two attached hydrogens (primary N) is 1. The molecule has 1 aromatic carbocycles. The minimum Gasteiger partial charge on any atom is -0.496 e. The minimum absolute atomic E-state index is 0.189. The number of hydrogen-bond acceptors (Lipinski definition) is 4. The van der Waals surface area contributed by atoms with Crippen molar-refractivity contribution in [2.24, 2.45) is 12.9 Å². The van der Waals surface area contributed by atoms with Crippen LogP contribution < -0.4 is 16.0 Å². The third kappa shape index (κ3) is 2.48. The first-order valence-corrected chi connectivity index (χ1v) is 5.81. The second-order valence-corrected chi connectivity index (χ2v) is 4.37. The molecule has 3 N–H and O–H groups in total. The highest BCUT2D eigenvalue weighted by Crippen LogP contribution is 2.31. The molecular formula is C12H15ClN4O. The van der Waals surface area contributed by atoms with E-state index in [1.807, 2.05) is 19.3 Å². The summed E-state index contributed by atoms with van der Waals surface area (Å²) in [4.78, 5) is 0. The Morgan fingerprint density at radius 1 is 1.50 bits per heavy atom. The fraction of sp³-hybridized carbons (Fsp3) is 0.250. The van der Waals surface area contributed by atoms with Gasteiger partial charge in [0.1, 0.15) is 5.75 Å². The van der Waals surface area contributed by atoms with Gasteiger partial charge in [-0.25, -0.2) is 5.43 Å². The summed E-state index contributed by atoms with van der Waals surface area (Å²) in [5, 5.41) is 4.76. The Hall–Kier alpha value is -1.56.